The molecule has 0 heterocycles. The third-order valence-corrected chi connectivity index (χ3v) is 3.86. The first kappa shape index (κ1) is 21.6. The van der Waals surface area contributed by atoms with Crippen molar-refractivity contribution >= 4 is 29.8 Å². The van der Waals surface area contributed by atoms with Gasteiger partial charge in [-0.05, 0) is 38.1 Å². The van der Waals surface area contributed by atoms with Gasteiger partial charge in [0.25, 0.3) is 0 Å². The van der Waals surface area contributed by atoms with E-state index in [0.29, 0.717) is 24.1 Å². The SMILES string of the molecule is CCCC(=O)c1cccc(C)c1NC(=O)CCN(CC)CC.Cl. The number of ketones is 1. The molecule has 0 aromatic heterocycles. The molecule has 23 heavy (non-hydrogen) atoms. The molecule has 130 valence electrons. The largest absolute Gasteiger partial charge is 0.325 e. The number of nitrogens with one attached hydrogen (secondary N) is 1. The number of hydrogen-bond acceptors (Lipinski definition) is 3. The second-order valence-corrected chi connectivity index (χ2v) is 5.50. The van der Waals surface area contributed by atoms with Crippen LogP contribution in [0.4, 0.5) is 5.69 Å². The molecule has 0 fully saturated rings. The van der Waals surface area contributed by atoms with Crippen LogP contribution >= 0.6 is 12.4 Å². The summed E-state index contributed by atoms with van der Waals surface area (Å²) in [7, 11) is 0. The number of aryl methyl sites for hydroxylation is 1. The Hall–Kier alpha value is -1.39. The standard InChI is InChI=1S/C18H28N2O2.ClH/c1-5-9-16(21)15-11-8-10-14(4)18(15)19-17(22)12-13-20(6-2)7-3;/h8,10-11H,5-7,9,12-13H2,1-4H3,(H,19,22);1H. The van der Waals surface area contributed by atoms with Crippen LogP contribution in [-0.4, -0.2) is 36.2 Å². The maximum absolute atomic E-state index is 12.2. The van der Waals surface area contributed by atoms with Crippen molar-refractivity contribution in [3.05, 3.63) is 29.3 Å². The molecule has 1 aromatic carbocycles. The van der Waals surface area contributed by atoms with Crippen LogP contribution in [-0.2, 0) is 4.79 Å². The lowest BCUT2D eigenvalue weighted by molar-refractivity contribution is -0.116. The van der Waals surface area contributed by atoms with Crippen LogP contribution in [0, 0.1) is 6.92 Å². The minimum Gasteiger partial charge on any atom is -0.325 e. The van der Waals surface area contributed by atoms with Crippen molar-refractivity contribution < 1.29 is 9.59 Å². The number of nitrogens with zero attached hydrogens (tertiary/aromatic N) is 1. The first-order valence-corrected chi connectivity index (χ1v) is 8.18. The molecule has 0 radical (unpaired) electrons. The van der Waals surface area contributed by atoms with Crippen LogP contribution in [0.15, 0.2) is 18.2 Å². The number of carbonyl (C=O) groups is 2. The molecule has 1 aromatic rings. The lowest BCUT2D eigenvalue weighted by Crippen LogP contribution is -2.27. The van der Waals surface area contributed by atoms with Crippen molar-refractivity contribution in [2.24, 2.45) is 0 Å². The smallest absolute Gasteiger partial charge is 0.225 e. The highest BCUT2D eigenvalue weighted by Gasteiger charge is 2.15. The van der Waals surface area contributed by atoms with E-state index in [9.17, 15) is 9.59 Å². The number of Topliss-reactive ketones (excluding diaryl/α,β-unsaturated/α-hetero) is 1. The van der Waals surface area contributed by atoms with E-state index in [-0.39, 0.29) is 24.1 Å². The predicted octanol–water partition coefficient (Wildman–Crippen LogP) is 4.07. The van der Waals surface area contributed by atoms with Crippen molar-refractivity contribution in [1.82, 2.24) is 4.90 Å². The Morgan fingerprint density at radius 2 is 1.74 bits per heavy atom. The number of para-hydroxylation sites is 1. The zero-order chi connectivity index (χ0) is 16.5. The van der Waals surface area contributed by atoms with Gasteiger partial charge in [0.05, 0.1) is 5.69 Å². The Balaban J connectivity index is 0.00000484. The number of rotatable bonds is 9. The highest BCUT2D eigenvalue weighted by Crippen LogP contribution is 2.22. The summed E-state index contributed by atoms with van der Waals surface area (Å²) in [6.45, 7) is 10.7. The molecule has 0 aliphatic heterocycles. The van der Waals surface area contributed by atoms with E-state index in [1.807, 2.05) is 26.0 Å². The first-order valence-electron chi connectivity index (χ1n) is 8.18. The van der Waals surface area contributed by atoms with E-state index < -0.39 is 0 Å². The molecule has 0 aliphatic rings. The van der Waals surface area contributed by atoms with E-state index in [1.165, 1.54) is 0 Å². The van der Waals surface area contributed by atoms with Gasteiger partial charge in [0.2, 0.25) is 5.91 Å². The second-order valence-electron chi connectivity index (χ2n) is 5.50. The Bertz CT molecular complexity index is 514. The Kier molecular flexibility index (Phi) is 10.5. The van der Waals surface area contributed by atoms with E-state index in [4.69, 9.17) is 0 Å². The van der Waals surface area contributed by atoms with Crippen LogP contribution < -0.4 is 5.32 Å². The number of hydrogen-bond donors (Lipinski definition) is 1. The average molecular weight is 341 g/mol. The van der Waals surface area contributed by atoms with Crippen LogP contribution in [0.3, 0.4) is 0 Å². The van der Waals surface area contributed by atoms with Gasteiger partial charge in [0, 0.05) is 24.9 Å². The second kappa shape index (κ2) is 11.2. The van der Waals surface area contributed by atoms with Crippen molar-refractivity contribution in [3.63, 3.8) is 0 Å². The first-order chi connectivity index (χ1) is 10.5. The van der Waals surface area contributed by atoms with Gasteiger partial charge in [-0.2, -0.15) is 0 Å². The van der Waals surface area contributed by atoms with E-state index in [0.717, 1.165) is 31.6 Å². The van der Waals surface area contributed by atoms with Crippen LogP contribution in [0.5, 0.6) is 0 Å². The normalized spacial score (nSPS) is 10.3. The number of benzene rings is 1. The molecule has 4 nitrogen and oxygen atoms in total. The van der Waals surface area contributed by atoms with Gasteiger partial charge in [-0.15, -0.1) is 12.4 Å². The minimum absolute atomic E-state index is 0. The third-order valence-electron chi connectivity index (χ3n) is 3.86. The highest BCUT2D eigenvalue weighted by atomic mass is 35.5. The molecular weight excluding hydrogens is 312 g/mol. The van der Waals surface area contributed by atoms with Gasteiger partial charge in [0.15, 0.2) is 5.78 Å². The molecular formula is C18H29ClN2O2. The van der Waals surface area contributed by atoms with Crippen LogP contribution in [0.2, 0.25) is 0 Å². The van der Waals surface area contributed by atoms with E-state index >= 15 is 0 Å². The van der Waals surface area contributed by atoms with E-state index in [1.54, 1.807) is 6.07 Å². The number of carbonyl (C=O) groups excluding carboxylic acids is 2. The molecule has 0 aliphatic carbocycles. The number of halogens is 1. The highest BCUT2D eigenvalue weighted by molar-refractivity contribution is 6.05. The zero-order valence-corrected chi connectivity index (χ0v) is 15.5. The molecule has 0 spiro atoms. The Morgan fingerprint density at radius 1 is 1.09 bits per heavy atom. The maximum atomic E-state index is 12.2. The lowest BCUT2D eigenvalue weighted by Gasteiger charge is -2.18. The average Bonchev–Trinajstić information content (AvgIpc) is 2.50. The summed E-state index contributed by atoms with van der Waals surface area (Å²) in [5.41, 5.74) is 2.22. The van der Waals surface area contributed by atoms with Crippen LogP contribution in [0.25, 0.3) is 0 Å². The molecule has 1 rings (SSSR count). The number of anilines is 1. The van der Waals surface area contributed by atoms with Gasteiger partial charge < -0.3 is 10.2 Å². The summed E-state index contributed by atoms with van der Waals surface area (Å²) >= 11 is 0. The topological polar surface area (TPSA) is 49.4 Å². The van der Waals surface area contributed by atoms with Gasteiger partial charge in [-0.1, -0.05) is 32.9 Å². The summed E-state index contributed by atoms with van der Waals surface area (Å²) in [6, 6.07) is 5.58. The van der Waals surface area contributed by atoms with Crippen molar-refractivity contribution in [2.75, 3.05) is 25.0 Å². The summed E-state index contributed by atoms with van der Waals surface area (Å²) in [4.78, 5) is 26.6. The fraction of sp³-hybridized carbons (Fsp3) is 0.556. The molecule has 1 amide bonds. The van der Waals surface area contributed by atoms with Gasteiger partial charge in [-0.25, -0.2) is 0 Å². The minimum atomic E-state index is -0.0354. The summed E-state index contributed by atoms with van der Waals surface area (Å²) < 4.78 is 0. The molecule has 5 heteroatoms. The summed E-state index contributed by atoms with van der Waals surface area (Å²) in [5.74, 6) is 0.0528. The molecule has 0 unspecified atom stereocenters. The van der Waals surface area contributed by atoms with Gasteiger partial charge >= 0.3 is 0 Å². The summed E-state index contributed by atoms with van der Waals surface area (Å²) in [5, 5.41) is 2.94. The quantitative estimate of drug-likeness (QED) is 0.689. The van der Waals surface area contributed by atoms with Crippen molar-refractivity contribution in [3.8, 4) is 0 Å². The lowest BCUT2D eigenvalue weighted by atomic mass is 10.0. The zero-order valence-electron chi connectivity index (χ0n) is 14.6. The van der Waals surface area contributed by atoms with Crippen molar-refractivity contribution in [2.45, 2.75) is 47.0 Å². The molecule has 0 atom stereocenters. The predicted molar refractivity (Wildman–Crippen MR) is 98.7 cm³/mol. The molecule has 0 saturated heterocycles. The fourth-order valence-corrected chi connectivity index (χ4v) is 2.43. The molecule has 0 bridgehead atoms. The van der Waals surface area contributed by atoms with Gasteiger partial charge in [-0.3, -0.25) is 9.59 Å². The Morgan fingerprint density at radius 3 is 2.30 bits per heavy atom. The van der Waals surface area contributed by atoms with Gasteiger partial charge in [0.1, 0.15) is 0 Å². The van der Waals surface area contributed by atoms with Crippen LogP contribution in [0.1, 0.15) is 56.0 Å². The third kappa shape index (κ3) is 6.71. The maximum Gasteiger partial charge on any atom is 0.225 e. The summed E-state index contributed by atoms with van der Waals surface area (Å²) in [6.07, 6.45) is 1.76. The van der Waals surface area contributed by atoms with Crippen molar-refractivity contribution in [1.29, 1.82) is 0 Å². The number of amides is 1. The molecule has 1 N–H and O–H groups in total. The molecule has 0 saturated carbocycles. The fourth-order valence-electron chi connectivity index (χ4n) is 2.43. The van der Waals surface area contributed by atoms with E-state index in [2.05, 4.69) is 24.1 Å². The monoisotopic (exact) mass is 340 g/mol. The Labute approximate surface area is 146 Å².